The molecule has 1 heterocycles. The molecule has 0 fully saturated rings. The minimum atomic E-state index is -1.14. The highest BCUT2D eigenvalue weighted by molar-refractivity contribution is 6.38. The monoisotopic (exact) mass is 232 g/mol. The standard InChI is InChI=1S/C11H5ClN2O2/c12-9-7-3-1-2-6(4-13)10(7)14-5-8(9)11(15)16/h1-3,5H,(H,15,16). The number of aromatic nitrogens is 1. The molecule has 0 unspecified atom stereocenters. The molecule has 1 N–H and O–H groups in total. The Morgan fingerprint density at radius 2 is 2.25 bits per heavy atom. The van der Waals surface area contributed by atoms with Gasteiger partial charge in [0.05, 0.1) is 21.7 Å². The van der Waals surface area contributed by atoms with Crippen molar-refractivity contribution in [2.24, 2.45) is 0 Å². The van der Waals surface area contributed by atoms with E-state index in [0.717, 1.165) is 6.20 Å². The minimum absolute atomic E-state index is 0.0655. The van der Waals surface area contributed by atoms with Gasteiger partial charge < -0.3 is 5.11 Å². The quantitative estimate of drug-likeness (QED) is 0.820. The first-order chi connectivity index (χ1) is 7.65. The molecule has 0 bridgehead atoms. The number of pyridine rings is 1. The van der Waals surface area contributed by atoms with Crippen molar-refractivity contribution in [2.75, 3.05) is 0 Å². The van der Waals surface area contributed by atoms with Crippen LogP contribution in [0.3, 0.4) is 0 Å². The average Bonchev–Trinajstić information content (AvgIpc) is 2.28. The summed E-state index contributed by atoms with van der Waals surface area (Å²) in [6.07, 6.45) is 1.16. The highest BCUT2D eigenvalue weighted by Crippen LogP contribution is 2.27. The fourth-order valence-electron chi connectivity index (χ4n) is 1.43. The van der Waals surface area contributed by atoms with Crippen molar-refractivity contribution in [1.82, 2.24) is 4.98 Å². The predicted octanol–water partition coefficient (Wildman–Crippen LogP) is 2.46. The second-order valence-electron chi connectivity index (χ2n) is 3.10. The fraction of sp³-hybridized carbons (Fsp3) is 0. The molecule has 0 aliphatic heterocycles. The first-order valence-corrected chi connectivity index (χ1v) is 4.73. The van der Waals surface area contributed by atoms with Crippen LogP contribution in [0.15, 0.2) is 24.4 Å². The highest BCUT2D eigenvalue weighted by Gasteiger charge is 2.13. The number of halogens is 1. The zero-order valence-corrected chi connectivity index (χ0v) is 8.69. The number of fused-ring (bicyclic) bond motifs is 1. The number of nitrogens with zero attached hydrogens (tertiary/aromatic N) is 2. The van der Waals surface area contributed by atoms with Crippen LogP contribution in [0.25, 0.3) is 10.9 Å². The van der Waals surface area contributed by atoms with Crippen LogP contribution >= 0.6 is 11.6 Å². The number of para-hydroxylation sites is 1. The van der Waals surface area contributed by atoms with Gasteiger partial charge in [0, 0.05) is 11.6 Å². The number of aromatic carboxylic acids is 1. The highest BCUT2D eigenvalue weighted by atomic mass is 35.5. The second kappa shape index (κ2) is 3.80. The smallest absolute Gasteiger partial charge is 0.338 e. The largest absolute Gasteiger partial charge is 0.478 e. The van der Waals surface area contributed by atoms with E-state index in [-0.39, 0.29) is 10.6 Å². The van der Waals surface area contributed by atoms with Gasteiger partial charge in [-0.2, -0.15) is 5.26 Å². The first-order valence-electron chi connectivity index (χ1n) is 4.35. The van der Waals surface area contributed by atoms with Gasteiger partial charge in [0.2, 0.25) is 0 Å². The average molecular weight is 233 g/mol. The van der Waals surface area contributed by atoms with Crippen molar-refractivity contribution in [3.63, 3.8) is 0 Å². The summed E-state index contributed by atoms with van der Waals surface area (Å²) in [4.78, 5) is 14.8. The maximum Gasteiger partial charge on any atom is 0.338 e. The number of carbonyl (C=O) groups is 1. The Morgan fingerprint density at radius 1 is 1.50 bits per heavy atom. The normalized spacial score (nSPS) is 10.0. The molecule has 0 aliphatic carbocycles. The van der Waals surface area contributed by atoms with Crippen LogP contribution < -0.4 is 0 Å². The third kappa shape index (κ3) is 1.47. The van der Waals surface area contributed by atoms with Crippen molar-refractivity contribution in [2.45, 2.75) is 0 Å². The number of hydrogen-bond donors (Lipinski definition) is 1. The Morgan fingerprint density at radius 3 is 2.88 bits per heavy atom. The summed E-state index contributed by atoms with van der Waals surface area (Å²) >= 11 is 5.94. The van der Waals surface area contributed by atoms with Gasteiger partial charge in [-0.3, -0.25) is 4.98 Å². The Hall–Kier alpha value is -2.12. The van der Waals surface area contributed by atoms with E-state index < -0.39 is 5.97 Å². The molecule has 1 aromatic heterocycles. The van der Waals surface area contributed by atoms with Crippen molar-refractivity contribution in [3.8, 4) is 6.07 Å². The van der Waals surface area contributed by atoms with Crippen LogP contribution in [0.4, 0.5) is 0 Å². The lowest BCUT2D eigenvalue weighted by Gasteiger charge is -2.04. The summed E-state index contributed by atoms with van der Waals surface area (Å²) in [6.45, 7) is 0. The fourth-order valence-corrected chi connectivity index (χ4v) is 1.71. The maximum atomic E-state index is 10.8. The molecule has 2 rings (SSSR count). The van der Waals surface area contributed by atoms with Gasteiger partial charge in [0.25, 0.3) is 0 Å². The van der Waals surface area contributed by atoms with Crippen LogP contribution in [0.2, 0.25) is 5.02 Å². The SMILES string of the molecule is N#Cc1cccc2c(Cl)c(C(=O)O)cnc12. The summed E-state index contributed by atoms with van der Waals surface area (Å²) in [5, 5.41) is 18.3. The third-order valence-electron chi connectivity index (χ3n) is 2.18. The zero-order chi connectivity index (χ0) is 11.7. The number of hydrogen-bond acceptors (Lipinski definition) is 3. The van der Waals surface area contributed by atoms with E-state index in [1.807, 2.05) is 6.07 Å². The van der Waals surface area contributed by atoms with E-state index in [9.17, 15) is 4.79 Å². The van der Waals surface area contributed by atoms with Gasteiger partial charge in [-0.25, -0.2) is 4.79 Å². The summed E-state index contributed by atoms with van der Waals surface area (Å²) in [5.41, 5.74) is 0.723. The number of carboxylic acid groups (broad SMARTS) is 1. The van der Waals surface area contributed by atoms with Gasteiger partial charge in [-0.05, 0) is 6.07 Å². The number of carboxylic acids is 1. The van der Waals surface area contributed by atoms with Crippen molar-refractivity contribution >= 4 is 28.5 Å². The van der Waals surface area contributed by atoms with E-state index in [1.165, 1.54) is 0 Å². The van der Waals surface area contributed by atoms with Gasteiger partial charge >= 0.3 is 5.97 Å². The van der Waals surface area contributed by atoms with Crippen molar-refractivity contribution in [1.29, 1.82) is 5.26 Å². The van der Waals surface area contributed by atoms with Gasteiger partial charge in [-0.15, -0.1) is 0 Å². The molecule has 16 heavy (non-hydrogen) atoms. The van der Waals surface area contributed by atoms with Crippen molar-refractivity contribution in [3.05, 3.63) is 40.5 Å². The molecule has 0 aliphatic rings. The minimum Gasteiger partial charge on any atom is -0.478 e. The Kier molecular flexibility index (Phi) is 2.47. The summed E-state index contributed by atoms with van der Waals surface area (Å²) in [6, 6.07) is 6.86. The molecule has 78 valence electrons. The van der Waals surface area contributed by atoms with E-state index in [4.69, 9.17) is 22.0 Å². The molecule has 4 nitrogen and oxygen atoms in total. The van der Waals surface area contributed by atoms with Gasteiger partial charge in [0.15, 0.2) is 0 Å². The number of benzene rings is 1. The molecule has 2 aromatic rings. The lowest BCUT2D eigenvalue weighted by atomic mass is 10.1. The Bertz CT molecular complexity index is 632. The Balaban J connectivity index is 2.88. The molecule has 0 amide bonds. The number of rotatable bonds is 1. The molecule has 5 heteroatoms. The molecule has 0 saturated heterocycles. The van der Waals surface area contributed by atoms with Crippen LogP contribution in [0.1, 0.15) is 15.9 Å². The van der Waals surface area contributed by atoms with Crippen LogP contribution in [-0.4, -0.2) is 16.1 Å². The van der Waals surface area contributed by atoms with E-state index >= 15 is 0 Å². The van der Waals surface area contributed by atoms with Crippen molar-refractivity contribution < 1.29 is 9.90 Å². The lowest BCUT2D eigenvalue weighted by molar-refractivity contribution is 0.0697. The molecule has 0 atom stereocenters. The first kappa shape index (κ1) is 10.4. The maximum absolute atomic E-state index is 10.8. The predicted molar refractivity (Wildman–Crippen MR) is 58.4 cm³/mol. The lowest BCUT2D eigenvalue weighted by Crippen LogP contribution is -1.99. The molecule has 1 aromatic carbocycles. The molecule has 0 saturated carbocycles. The van der Waals surface area contributed by atoms with E-state index in [2.05, 4.69) is 4.98 Å². The van der Waals surface area contributed by atoms with E-state index in [0.29, 0.717) is 16.5 Å². The summed E-state index contributed by atoms with van der Waals surface area (Å²) in [5.74, 6) is -1.14. The zero-order valence-electron chi connectivity index (χ0n) is 7.94. The van der Waals surface area contributed by atoms with Crippen LogP contribution in [-0.2, 0) is 0 Å². The van der Waals surface area contributed by atoms with Crippen LogP contribution in [0.5, 0.6) is 0 Å². The molecular formula is C11H5ClN2O2. The topological polar surface area (TPSA) is 74.0 Å². The van der Waals surface area contributed by atoms with Gasteiger partial charge in [0.1, 0.15) is 6.07 Å². The molecule has 0 radical (unpaired) electrons. The number of nitriles is 1. The second-order valence-corrected chi connectivity index (χ2v) is 3.48. The molecule has 0 spiro atoms. The van der Waals surface area contributed by atoms with E-state index in [1.54, 1.807) is 18.2 Å². The Labute approximate surface area is 95.7 Å². The summed E-state index contributed by atoms with van der Waals surface area (Å²) in [7, 11) is 0. The summed E-state index contributed by atoms with van der Waals surface area (Å²) < 4.78 is 0. The third-order valence-corrected chi connectivity index (χ3v) is 2.59. The van der Waals surface area contributed by atoms with Gasteiger partial charge in [-0.1, -0.05) is 23.7 Å². The molecular weight excluding hydrogens is 228 g/mol. The van der Waals surface area contributed by atoms with Crippen LogP contribution in [0, 0.1) is 11.3 Å².